The van der Waals surface area contributed by atoms with Crippen LogP contribution in [-0.4, -0.2) is 26.4 Å². The van der Waals surface area contributed by atoms with Crippen LogP contribution in [0, 0.1) is 0 Å². The number of para-hydroxylation sites is 1. The molecule has 2 aromatic heterocycles. The van der Waals surface area contributed by atoms with Gasteiger partial charge in [0.2, 0.25) is 5.95 Å². The summed E-state index contributed by atoms with van der Waals surface area (Å²) in [6.45, 7) is 5.73. The maximum atomic E-state index is 12.0. The number of H-pyrrole nitrogens is 2. The first-order valence-electron chi connectivity index (χ1n) is 7.28. The molecule has 0 atom stereocenters. The quantitative estimate of drug-likeness (QED) is 0.511. The number of hydrogen-bond donors (Lipinski definition) is 3. The normalized spacial score (nSPS) is 12.1. The number of anilines is 1. The van der Waals surface area contributed by atoms with E-state index in [1.807, 2.05) is 51.2 Å². The predicted octanol–water partition coefficient (Wildman–Crippen LogP) is 2.39. The number of hydrogen-bond acceptors (Lipinski definition) is 5. The van der Waals surface area contributed by atoms with Gasteiger partial charge in [-0.15, -0.1) is 10.2 Å². The van der Waals surface area contributed by atoms with E-state index in [2.05, 4.69) is 30.7 Å². The van der Waals surface area contributed by atoms with Gasteiger partial charge in [0.1, 0.15) is 5.69 Å². The van der Waals surface area contributed by atoms with Crippen molar-refractivity contribution in [3.05, 3.63) is 52.1 Å². The number of nitrogens with one attached hydrogen (secondary N) is 3. The molecule has 0 amide bonds. The topological polar surface area (TPSA) is 98.8 Å². The zero-order valence-electron chi connectivity index (χ0n) is 13.2. The predicted molar refractivity (Wildman–Crippen MR) is 90.9 cm³/mol. The Kier molecular flexibility index (Phi) is 3.69. The van der Waals surface area contributed by atoms with Gasteiger partial charge in [0.15, 0.2) is 0 Å². The summed E-state index contributed by atoms with van der Waals surface area (Å²) in [6, 6.07) is 7.94. The van der Waals surface area contributed by atoms with E-state index >= 15 is 0 Å². The highest BCUT2D eigenvalue weighted by atomic mass is 16.1. The van der Waals surface area contributed by atoms with Gasteiger partial charge >= 0.3 is 0 Å². The Balaban J connectivity index is 1.78. The van der Waals surface area contributed by atoms with Crippen LogP contribution in [0.15, 0.2) is 40.4 Å². The third-order valence-electron chi connectivity index (χ3n) is 3.40. The molecule has 0 aliphatic heterocycles. The van der Waals surface area contributed by atoms with Crippen LogP contribution in [0.5, 0.6) is 0 Å². The highest BCUT2D eigenvalue weighted by Gasteiger charge is 2.20. The van der Waals surface area contributed by atoms with Gasteiger partial charge in [-0.25, -0.2) is 5.43 Å². The van der Waals surface area contributed by atoms with Crippen molar-refractivity contribution in [1.82, 2.24) is 20.2 Å². The lowest BCUT2D eigenvalue weighted by atomic mass is 9.93. The lowest BCUT2D eigenvalue weighted by Crippen LogP contribution is -2.28. The number of fused-ring (bicyclic) bond motifs is 1. The molecule has 7 nitrogen and oxygen atoms in total. The third kappa shape index (κ3) is 3.13. The smallest absolute Gasteiger partial charge is 0.274 e. The Labute approximate surface area is 132 Å². The molecule has 118 valence electrons. The maximum absolute atomic E-state index is 12.0. The minimum Gasteiger partial charge on any atom is -0.361 e. The maximum Gasteiger partial charge on any atom is 0.274 e. The summed E-state index contributed by atoms with van der Waals surface area (Å²) in [5.41, 5.74) is 4.44. The summed E-state index contributed by atoms with van der Waals surface area (Å²) in [4.78, 5) is 17.8. The number of nitrogens with zero attached hydrogens (tertiary/aromatic N) is 3. The van der Waals surface area contributed by atoms with Crippen LogP contribution in [0.4, 0.5) is 5.95 Å². The van der Waals surface area contributed by atoms with Crippen molar-refractivity contribution in [1.29, 1.82) is 0 Å². The van der Waals surface area contributed by atoms with Crippen LogP contribution in [-0.2, 0) is 5.41 Å². The van der Waals surface area contributed by atoms with Crippen molar-refractivity contribution in [2.75, 3.05) is 5.43 Å². The molecule has 7 heteroatoms. The number of aromatic amines is 2. The van der Waals surface area contributed by atoms with Crippen LogP contribution in [0.3, 0.4) is 0 Å². The second kappa shape index (κ2) is 5.68. The van der Waals surface area contributed by atoms with Crippen LogP contribution in [0.25, 0.3) is 10.9 Å². The van der Waals surface area contributed by atoms with Gasteiger partial charge < -0.3 is 4.98 Å². The first-order chi connectivity index (χ1) is 10.9. The number of hydrazone groups is 1. The molecule has 23 heavy (non-hydrogen) atoms. The molecule has 0 saturated heterocycles. The van der Waals surface area contributed by atoms with E-state index in [9.17, 15) is 4.79 Å². The first-order valence-corrected chi connectivity index (χ1v) is 7.28. The number of rotatable bonds is 3. The zero-order valence-corrected chi connectivity index (χ0v) is 13.2. The van der Waals surface area contributed by atoms with Crippen LogP contribution in [0.2, 0.25) is 0 Å². The standard InChI is InChI=1S/C16H18N6O/c1-16(2,3)13-14(23)19-15(22-20-13)21-18-9-10-8-17-12-7-5-4-6-11(10)12/h4-9,17H,1-3H3,(H2,19,21,22,23). The fourth-order valence-electron chi connectivity index (χ4n) is 2.24. The van der Waals surface area contributed by atoms with Gasteiger partial charge in [0.25, 0.3) is 5.56 Å². The molecule has 0 radical (unpaired) electrons. The summed E-state index contributed by atoms with van der Waals surface area (Å²) < 4.78 is 0. The molecule has 3 N–H and O–H groups in total. The van der Waals surface area contributed by atoms with E-state index in [1.54, 1.807) is 6.21 Å². The lowest BCUT2D eigenvalue weighted by molar-refractivity contribution is 0.547. The van der Waals surface area contributed by atoms with Gasteiger partial charge in [0.05, 0.1) is 6.21 Å². The average molecular weight is 310 g/mol. The molecule has 0 bridgehead atoms. The van der Waals surface area contributed by atoms with Crippen LogP contribution >= 0.6 is 0 Å². The summed E-state index contributed by atoms with van der Waals surface area (Å²) in [5.74, 6) is 0.207. The first kappa shape index (κ1) is 15.0. The van der Waals surface area contributed by atoms with Crippen LogP contribution in [0.1, 0.15) is 32.0 Å². The van der Waals surface area contributed by atoms with Gasteiger partial charge in [-0.05, 0) is 6.07 Å². The van der Waals surface area contributed by atoms with E-state index in [1.165, 1.54) is 0 Å². The minimum atomic E-state index is -0.355. The van der Waals surface area contributed by atoms with E-state index in [0.717, 1.165) is 16.5 Å². The Hall–Kier alpha value is -2.96. The number of benzene rings is 1. The van der Waals surface area contributed by atoms with Gasteiger partial charge in [0, 0.05) is 28.1 Å². The average Bonchev–Trinajstić information content (AvgIpc) is 2.90. The van der Waals surface area contributed by atoms with Crippen molar-refractivity contribution in [2.24, 2.45) is 5.10 Å². The van der Waals surface area contributed by atoms with E-state index in [0.29, 0.717) is 5.69 Å². The second-order valence-corrected chi connectivity index (χ2v) is 6.26. The molecule has 0 unspecified atom stereocenters. The van der Waals surface area contributed by atoms with Crippen molar-refractivity contribution in [3.63, 3.8) is 0 Å². The highest BCUT2D eigenvalue weighted by molar-refractivity contribution is 5.99. The van der Waals surface area contributed by atoms with Gasteiger partial charge in [-0.1, -0.05) is 39.0 Å². The molecule has 0 aliphatic rings. The molecule has 0 saturated carbocycles. The molecular weight excluding hydrogens is 292 g/mol. The summed E-state index contributed by atoms with van der Waals surface area (Å²) >= 11 is 0. The van der Waals surface area contributed by atoms with Crippen LogP contribution < -0.4 is 11.0 Å². The monoisotopic (exact) mass is 310 g/mol. The molecule has 0 fully saturated rings. The van der Waals surface area contributed by atoms with E-state index < -0.39 is 0 Å². The summed E-state index contributed by atoms with van der Waals surface area (Å²) in [6.07, 6.45) is 3.53. The summed E-state index contributed by atoms with van der Waals surface area (Å²) in [7, 11) is 0. The third-order valence-corrected chi connectivity index (χ3v) is 3.40. The Morgan fingerprint density at radius 3 is 2.74 bits per heavy atom. The molecule has 0 aliphatic carbocycles. The van der Waals surface area contributed by atoms with E-state index in [-0.39, 0.29) is 16.9 Å². The zero-order chi connectivity index (χ0) is 16.4. The molecular formula is C16H18N6O. The fraction of sp³-hybridized carbons (Fsp3) is 0.250. The fourth-order valence-corrected chi connectivity index (χ4v) is 2.24. The SMILES string of the molecule is CC(C)(C)c1nnc(NN=Cc2c[nH]c3ccccc23)[nH]c1=O. The highest BCUT2D eigenvalue weighted by Crippen LogP contribution is 2.16. The Morgan fingerprint density at radius 1 is 1.22 bits per heavy atom. The second-order valence-electron chi connectivity index (χ2n) is 6.26. The molecule has 1 aromatic carbocycles. The van der Waals surface area contributed by atoms with E-state index in [4.69, 9.17) is 0 Å². The number of aromatic nitrogens is 4. The lowest BCUT2D eigenvalue weighted by Gasteiger charge is -2.15. The van der Waals surface area contributed by atoms with Crippen molar-refractivity contribution in [3.8, 4) is 0 Å². The van der Waals surface area contributed by atoms with Gasteiger partial charge in [-0.3, -0.25) is 9.78 Å². The molecule has 0 spiro atoms. The van der Waals surface area contributed by atoms with Crippen molar-refractivity contribution < 1.29 is 0 Å². The largest absolute Gasteiger partial charge is 0.361 e. The summed E-state index contributed by atoms with van der Waals surface area (Å²) in [5, 5.41) is 13.1. The molecule has 3 aromatic rings. The molecule has 3 rings (SSSR count). The van der Waals surface area contributed by atoms with Crippen molar-refractivity contribution >= 4 is 23.1 Å². The Bertz CT molecular complexity index is 916. The van der Waals surface area contributed by atoms with Crippen molar-refractivity contribution in [2.45, 2.75) is 26.2 Å². The van der Waals surface area contributed by atoms with Gasteiger partial charge in [-0.2, -0.15) is 5.10 Å². The Morgan fingerprint density at radius 2 is 2.00 bits per heavy atom. The molecule has 2 heterocycles. The minimum absolute atomic E-state index is 0.207.